The molecule has 1 aliphatic rings. The lowest BCUT2D eigenvalue weighted by Crippen LogP contribution is -2.28. The van der Waals surface area contributed by atoms with Crippen LogP contribution >= 0.6 is 0 Å². The number of hydrogen-bond donors (Lipinski definition) is 2. The molecule has 1 aromatic rings. The van der Waals surface area contributed by atoms with E-state index < -0.39 is 5.97 Å². The monoisotopic (exact) mass is 277 g/mol. The molecule has 0 heterocycles. The number of benzene rings is 1. The maximum atomic E-state index is 10.8. The van der Waals surface area contributed by atoms with Crippen LogP contribution in [-0.2, 0) is 0 Å². The van der Waals surface area contributed by atoms with Gasteiger partial charge in [0.1, 0.15) is 12.4 Å². The SMILES string of the molecule is CC1CCCC1CNCCOc1cccc(C(=O)O)c1. The molecule has 0 spiro atoms. The molecule has 2 rings (SSSR count). The van der Waals surface area contributed by atoms with Crippen LogP contribution in [0, 0.1) is 11.8 Å². The highest BCUT2D eigenvalue weighted by molar-refractivity contribution is 5.87. The van der Waals surface area contributed by atoms with Gasteiger partial charge in [-0.25, -0.2) is 4.79 Å². The molecule has 1 aliphatic carbocycles. The fourth-order valence-corrected chi connectivity index (χ4v) is 2.77. The van der Waals surface area contributed by atoms with E-state index in [-0.39, 0.29) is 5.56 Å². The topological polar surface area (TPSA) is 58.6 Å². The molecule has 0 saturated heterocycles. The van der Waals surface area contributed by atoms with Crippen molar-refractivity contribution in [2.75, 3.05) is 19.7 Å². The van der Waals surface area contributed by atoms with Crippen molar-refractivity contribution in [2.45, 2.75) is 26.2 Å². The van der Waals surface area contributed by atoms with Crippen LogP contribution < -0.4 is 10.1 Å². The van der Waals surface area contributed by atoms with Gasteiger partial charge in [-0.05, 0) is 43.0 Å². The van der Waals surface area contributed by atoms with Crippen molar-refractivity contribution in [3.05, 3.63) is 29.8 Å². The minimum Gasteiger partial charge on any atom is -0.492 e. The normalized spacial score (nSPS) is 21.9. The molecule has 0 aromatic heterocycles. The predicted octanol–water partition coefficient (Wildman–Crippen LogP) is 2.79. The lowest BCUT2D eigenvalue weighted by atomic mass is 9.98. The summed E-state index contributed by atoms with van der Waals surface area (Å²) in [5.74, 6) is 1.31. The Morgan fingerprint density at radius 1 is 1.45 bits per heavy atom. The summed E-state index contributed by atoms with van der Waals surface area (Å²) in [6.45, 7) is 4.73. The zero-order chi connectivity index (χ0) is 14.4. The molecular formula is C16H23NO3. The summed E-state index contributed by atoms with van der Waals surface area (Å²) in [4.78, 5) is 10.8. The van der Waals surface area contributed by atoms with E-state index in [2.05, 4.69) is 12.2 Å². The van der Waals surface area contributed by atoms with Gasteiger partial charge >= 0.3 is 5.97 Å². The Balaban J connectivity index is 1.65. The van der Waals surface area contributed by atoms with Crippen molar-refractivity contribution >= 4 is 5.97 Å². The van der Waals surface area contributed by atoms with Gasteiger partial charge in [-0.15, -0.1) is 0 Å². The molecular weight excluding hydrogens is 254 g/mol. The molecule has 2 N–H and O–H groups in total. The molecule has 0 aliphatic heterocycles. The second kappa shape index (κ2) is 7.29. The quantitative estimate of drug-likeness (QED) is 0.752. The average molecular weight is 277 g/mol. The van der Waals surface area contributed by atoms with Crippen LogP contribution in [0.1, 0.15) is 36.5 Å². The Morgan fingerprint density at radius 3 is 3.00 bits per heavy atom. The van der Waals surface area contributed by atoms with Crippen LogP contribution in [-0.4, -0.2) is 30.8 Å². The first-order valence-corrected chi connectivity index (χ1v) is 7.33. The fourth-order valence-electron chi connectivity index (χ4n) is 2.77. The van der Waals surface area contributed by atoms with Crippen molar-refractivity contribution in [1.29, 1.82) is 0 Å². The molecule has 20 heavy (non-hydrogen) atoms. The smallest absolute Gasteiger partial charge is 0.335 e. The molecule has 4 heteroatoms. The summed E-state index contributed by atoms with van der Waals surface area (Å²) in [5.41, 5.74) is 0.259. The van der Waals surface area contributed by atoms with Gasteiger partial charge in [-0.1, -0.05) is 25.8 Å². The summed E-state index contributed by atoms with van der Waals surface area (Å²) in [7, 11) is 0. The summed E-state index contributed by atoms with van der Waals surface area (Å²) >= 11 is 0. The summed E-state index contributed by atoms with van der Waals surface area (Å²) < 4.78 is 5.56. The van der Waals surface area contributed by atoms with Gasteiger partial charge in [0.15, 0.2) is 0 Å². The largest absolute Gasteiger partial charge is 0.492 e. The van der Waals surface area contributed by atoms with E-state index in [1.807, 2.05) is 0 Å². The van der Waals surface area contributed by atoms with Crippen molar-refractivity contribution in [3.63, 3.8) is 0 Å². The van der Waals surface area contributed by atoms with Gasteiger partial charge in [0.05, 0.1) is 5.56 Å². The number of carboxylic acid groups (broad SMARTS) is 1. The van der Waals surface area contributed by atoms with Gasteiger partial charge in [0.2, 0.25) is 0 Å². The standard InChI is InChI=1S/C16H23NO3/c1-12-4-2-6-14(12)11-17-8-9-20-15-7-3-5-13(10-15)16(18)19/h3,5,7,10,12,14,17H,2,4,6,8-9,11H2,1H3,(H,18,19). The summed E-state index contributed by atoms with van der Waals surface area (Å²) in [6.07, 6.45) is 4.03. The third kappa shape index (κ3) is 4.23. The molecule has 4 nitrogen and oxygen atoms in total. The first-order chi connectivity index (χ1) is 9.66. The number of rotatable bonds is 7. The number of carboxylic acids is 1. The fraction of sp³-hybridized carbons (Fsp3) is 0.562. The number of nitrogens with one attached hydrogen (secondary N) is 1. The highest BCUT2D eigenvalue weighted by Crippen LogP contribution is 2.30. The lowest BCUT2D eigenvalue weighted by Gasteiger charge is -2.16. The minimum atomic E-state index is -0.927. The molecule has 0 bridgehead atoms. The highest BCUT2D eigenvalue weighted by Gasteiger charge is 2.22. The third-order valence-corrected chi connectivity index (χ3v) is 4.07. The number of aromatic carboxylic acids is 1. The van der Waals surface area contributed by atoms with Crippen LogP contribution in [0.25, 0.3) is 0 Å². The molecule has 0 amide bonds. The summed E-state index contributed by atoms with van der Waals surface area (Å²) in [5, 5.41) is 12.3. The predicted molar refractivity (Wildman–Crippen MR) is 78.3 cm³/mol. The van der Waals surface area contributed by atoms with Gasteiger partial charge in [0, 0.05) is 6.54 Å². The van der Waals surface area contributed by atoms with Crippen molar-refractivity contribution in [2.24, 2.45) is 11.8 Å². The molecule has 2 unspecified atom stereocenters. The maximum absolute atomic E-state index is 10.8. The van der Waals surface area contributed by atoms with Crippen LogP contribution in [0.5, 0.6) is 5.75 Å². The van der Waals surface area contributed by atoms with Gasteiger partial charge < -0.3 is 15.2 Å². The van der Waals surface area contributed by atoms with Gasteiger partial charge in [0.25, 0.3) is 0 Å². The summed E-state index contributed by atoms with van der Waals surface area (Å²) in [6, 6.07) is 6.61. The van der Waals surface area contributed by atoms with Crippen molar-refractivity contribution < 1.29 is 14.6 Å². The molecule has 1 fully saturated rings. The molecule has 110 valence electrons. The average Bonchev–Trinajstić information content (AvgIpc) is 2.84. The van der Waals surface area contributed by atoms with Crippen LogP contribution in [0.15, 0.2) is 24.3 Å². The second-order valence-corrected chi connectivity index (χ2v) is 5.55. The van der Waals surface area contributed by atoms with E-state index in [4.69, 9.17) is 9.84 Å². The molecule has 2 atom stereocenters. The number of ether oxygens (including phenoxy) is 1. The Bertz CT molecular complexity index is 447. The second-order valence-electron chi connectivity index (χ2n) is 5.55. The first-order valence-electron chi connectivity index (χ1n) is 7.33. The van der Waals surface area contributed by atoms with E-state index in [9.17, 15) is 4.79 Å². The molecule has 1 saturated carbocycles. The number of carbonyl (C=O) groups is 1. The maximum Gasteiger partial charge on any atom is 0.335 e. The first kappa shape index (κ1) is 14.9. The Morgan fingerprint density at radius 2 is 2.30 bits per heavy atom. The van der Waals surface area contributed by atoms with Crippen LogP contribution in [0.3, 0.4) is 0 Å². The van der Waals surface area contributed by atoms with E-state index >= 15 is 0 Å². The van der Waals surface area contributed by atoms with E-state index in [1.54, 1.807) is 24.3 Å². The van der Waals surface area contributed by atoms with E-state index in [0.29, 0.717) is 12.4 Å². The van der Waals surface area contributed by atoms with Crippen LogP contribution in [0.4, 0.5) is 0 Å². The Labute approximate surface area is 120 Å². The highest BCUT2D eigenvalue weighted by atomic mass is 16.5. The zero-order valence-corrected chi connectivity index (χ0v) is 12.0. The number of hydrogen-bond acceptors (Lipinski definition) is 3. The van der Waals surface area contributed by atoms with E-state index in [1.165, 1.54) is 19.3 Å². The Hall–Kier alpha value is -1.55. The molecule has 0 radical (unpaired) electrons. The minimum absolute atomic E-state index is 0.259. The van der Waals surface area contributed by atoms with Gasteiger partial charge in [-0.2, -0.15) is 0 Å². The van der Waals surface area contributed by atoms with Gasteiger partial charge in [-0.3, -0.25) is 0 Å². The Kier molecular flexibility index (Phi) is 5.41. The van der Waals surface area contributed by atoms with Crippen LogP contribution in [0.2, 0.25) is 0 Å². The lowest BCUT2D eigenvalue weighted by molar-refractivity contribution is 0.0696. The zero-order valence-electron chi connectivity index (χ0n) is 12.0. The van der Waals surface area contributed by atoms with Crippen molar-refractivity contribution in [3.8, 4) is 5.75 Å². The van der Waals surface area contributed by atoms with E-state index in [0.717, 1.165) is 24.9 Å². The molecule has 1 aromatic carbocycles. The third-order valence-electron chi connectivity index (χ3n) is 4.07. The van der Waals surface area contributed by atoms with Crippen molar-refractivity contribution in [1.82, 2.24) is 5.32 Å².